The molecule has 3 aromatic rings. The average molecular weight is 305 g/mol. The fraction of sp³-hybridized carbons (Fsp3) is 0.278. The summed E-state index contributed by atoms with van der Waals surface area (Å²) in [5.74, 6) is 1.65. The van der Waals surface area contributed by atoms with Crippen molar-refractivity contribution in [3.63, 3.8) is 0 Å². The Morgan fingerprint density at radius 2 is 1.74 bits per heavy atom. The summed E-state index contributed by atoms with van der Waals surface area (Å²) in [6.45, 7) is 0. The van der Waals surface area contributed by atoms with Crippen molar-refractivity contribution in [2.45, 2.75) is 31.7 Å². The Hall–Kier alpha value is -2.69. The minimum atomic E-state index is 0.539. The van der Waals surface area contributed by atoms with Gasteiger partial charge in [-0.1, -0.05) is 31.0 Å². The molecule has 1 aromatic carbocycles. The van der Waals surface area contributed by atoms with Crippen LogP contribution in [0.15, 0.2) is 48.9 Å². The van der Waals surface area contributed by atoms with Crippen LogP contribution in [0.1, 0.15) is 25.7 Å². The van der Waals surface area contributed by atoms with Gasteiger partial charge in [0.05, 0.1) is 11.2 Å². The van der Waals surface area contributed by atoms with Crippen LogP contribution in [0, 0.1) is 0 Å². The van der Waals surface area contributed by atoms with Crippen LogP contribution in [0.25, 0.3) is 10.9 Å². The third-order valence-corrected chi connectivity index (χ3v) is 4.27. The second kappa shape index (κ2) is 6.20. The second-order valence-corrected chi connectivity index (χ2v) is 5.92. The van der Waals surface area contributed by atoms with Crippen molar-refractivity contribution in [1.82, 2.24) is 15.0 Å². The molecule has 0 saturated heterocycles. The molecule has 1 fully saturated rings. The van der Waals surface area contributed by atoms with E-state index in [0.717, 1.165) is 28.2 Å². The smallest absolute Gasteiger partial charge is 0.135 e. The molecule has 0 amide bonds. The molecule has 5 nitrogen and oxygen atoms in total. The summed E-state index contributed by atoms with van der Waals surface area (Å²) < 4.78 is 0. The zero-order chi connectivity index (χ0) is 15.5. The molecule has 1 aliphatic rings. The van der Waals surface area contributed by atoms with E-state index in [1.165, 1.54) is 25.7 Å². The zero-order valence-corrected chi connectivity index (χ0v) is 12.9. The molecule has 116 valence electrons. The lowest BCUT2D eigenvalue weighted by Crippen LogP contribution is -2.15. The lowest BCUT2D eigenvalue weighted by atomic mass is 10.2. The minimum absolute atomic E-state index is 0.539. The van der Waals surface area contributed by atoms with Crippen molar-refractivity contribution in [3.8, 4) is 0 Å². The molecule has 2 N–H and O–H groups in total. The van der Waals surface area contributed by atoms with Gasteiger partial charge in [-0.15, -0.1) is 0 Å². The van der Waals surface area contributed by atoms with E-state index in [4.69, 9.17) is 0 Å². The number of anilines is 3. The average Bonchev–Trinajstić information content (AvgIpc) is 3.09. The number of aromatic nitrogens is 3. The van der Waals surface area contributed by atoms with E-state index in [0.29, 0.717) is 6.04 Å². The highest BCUT2D eigenvalue weighted by Gasteiger charge is 2.15. The SMILES string of the molecule is c1cnc2c(Nc3cc(NC4CCCC4)ncn3)cccc2c1. The quantitative estimate of drug-likeness (QED) is 0.759. The van der Waals surface area contributed by atoms with E-state index in [1.807, 2.05) is 24.3 Å². The summed E-state index contributed by atoms with van der Waals surface area (Å²) in [6, 6.07) is 12.6. The maximum atomic E-state index is 4.46. The van der Waals surface area contributed by atoms with Gasteiger partial charge in [0.15, 0.2) is 0 Å². The summed E-state index contributed by atoms with van der Waals surface area (Å²) in [4.78, 5) is 13.1. The van der Waals surface area contributed by atoms with Crippen LogP contribution in [0.2, 0.25) is 0 Å². The molecule has 1 saturated carbocycles. The maximum absolute atomic E-state index is 4.46. The molecule has 23 heavy (non-hydrogen) atoms. The number of hydrogen-bond donors (Lipinski definition) is 2. The third-order valence-electron chi connectivity index (χ3n) is 4.27. The van der Waals surface area contributed by atoms with Crippen molar-refractivity contribution in [1.29, 1.82) is 0 Å². The summed E-state index contributed by atoms with van der Waals surface area (Å²) in [7, 11) is 0. The number of para-hydroxylation sites is 1. The zero-order valence-electron chi connectivity index (χ0n) is 12.9. The first-order chi connectivity index (χ1) is 11.4. The maximum Gasteiger partial charge on any atom is 0.135 e. The third kappa shape index (κ3) is 3.08. The first kappa shape index (κ1) is 13.9. The molecule has 0 bridgehead atoms. The first-order valence-corrected chi connectivity index (χ1v) is 8.08. The van der Waals surface area contributed by atoms with Crippen LogP contribution in [-0.2, 0) is 0 Å². The molecule has 0 radical (unpaired) electrons. The highest BCUT2D eigenvalue weighted by molar-refractivity contribution is 5.91. The molecule has 2 heterocycles. The number of hydrogen-bond acceptors (Lipinski definition) is 5. The number of nitrogens with one attached hydrogen (secondary N) is 2. The van der Waals surface area contributed by atoms with Crippen molar-refractivity contribution in [2.24, 2.45) is 0 Å². The van der Waals surface area contributed by atoms with E-state index in [-0.39, 0.29) is 0 Å². The first-order valence-electron chi connectivity index (χ1n) is 8.08. The highest BCUT2D eigenvalue weighted by Crippen LogP contribution is 2.25. The standard InChI is InChI=1S/C18H19N5/c1-2-8-14(7-1)22-16-11-17(21-12-20-16)23-15-9-3-5-13-6-4-10-19-18(13)15/h3-6,9-12,14H,1-2,7-8H2,(H2,20,21,22,23). The normalized spacial score (nSPS) is 15.0. The Morgan fingerprint density at radius 1 is 0.913 bits per heavy atom. The lowest BCUT2D eigenvalue weighted by molar-refractivity contribution is 0.750. The molecule has 4 rings (SSSR count). The van der Waals surface area contributed by atoms with E-state index in [1.54, 1.807) is 12.5 Å². The van der Waals surface area contributed by atoms with Gasteiger partial charge in [0, 0.05) is 23.7 Å². The van der Waals surface area contributed by atoms with Gasteiger partial charge >= 0.3 is 0 Å². The van der Waals surface area contributed by atoms with Crippen LogP contribution in [0.3, 0.4) is 0 Å². The van der Waals surface area contributed by atoms with Gasteiger partial charge in [-0.05, 0) is 25.0 Å². The van der Waals surface area contributed by atoms with Gasteiger partial charge in [0.2, 0.25) is 0 Å². The van der Waals surface area contributed by atoms with Crippen LogP contribution < -0.4 is 10.6 Å². The van der Waals surface area contributed by atoms with Crippen LogP contribution in [-0.4, -0.2) is 21.0 Å². The predicted octanol–water partition coefficient (Wildman–Crippen LogP) is 4.12. The number of fused-ring (bicyclic) bond motifs is 1. The molecular formula is C18H19N5. The largest absolute Gasteiger partial charge is 0.367 e. The Bertz CT molecular complexity index is 806. The van der Waals surface area contributed by atoms with Crippen LogP contribution >= 0.6 is 0 Å². The number of nitrogens with zero attached hydrogens (tertiary/aromatic N) is 3. The van der Waals surface area contributed by atoms with Crippen LogP contribution in [0.5, 0.6) is 0 Å². The monoisotopic (exact) mass is 305 g/mol. The molecular weight excluding hydrogens is 286 g/mol. The van der Waals surface area contributed by atoms with Crippen molar-refractivity contribution >= 4 is 28.2 Å². The van der Waals surface area contributed by atoms with Gasteiger partial charge in [-0.3, -0.25) is 4.98 Å². The second-order valence-electron chi connectivity index (χ2n) is 5.92. The van der Waals surface area contributed by atoms with E-state index in [2.05, 4.69) is 37.7 Å². The van der Waals surface area contributed by atoms with Gasteiger partial charge in [0.1, 0.15) is 18.0 Å². The Morgan fingerprint density at radius 3 is 2.65 bits per heavy atom. The van der Waals surface area contributed by atoms with Crippen molar-refractivity contribution < 1.29 is 0 Å². The topological polar surface area (TPSA) is 62.7 Å². The predicted molar refractivity (Wildman–Crippen MR) is 92.9 cm³/mol. The van der Waals surface area contributed by atoms with Gasteiger partial charge in [-0.25, -0.2) is 9.97 Å². The Balaban J connectivity index is 1.58. The van der Waals surface area contributed by atoms with Crippen molar-refractivity contribution in [2.75, 3.05) is 10.6 Å². The van der Waals surface area contributed by atoms with Crippen LogP contribution in [0.4, 0.5) is 17.3 Å². The van der Waals surface area contributed by atoms with Gasteiger partial charge < -0.3 is 10.6 Å². The Labute approximate surface area is 135 Å². The molecule has 0 aliphatic heterocycles. The van der Waals surface area contributed by atoms with Gasteiger partial charge in [-0.2, -0.15) is 0 Å². The van der Waals surface area contributed by atoms with E-state index >= 15 is 0 Å². The highest BCUT2D eigenvalue weighted by atomic mass is 15.1. The summed E-state index contributed by atoms with van der Waals surface area (Å²) >= 11 is 0. The molecule has 1 aliphatic carbocycles. The molecule has 0 spiro atoms. The number of pyridine rings is 1. The van der Waals surface area contributed by atoms with Crippen molar-refractivity contribution in [3.05, 3.63) is 48.9 Å². The number of rotatable bonds is 4. The number of benzene rings is 1. The van der Waals surface area contributed by atoms with Gasteiger partial charge in [0.25, 0.3) is 0 Å². The summed E-state index contributed by atoms with van der Waals surface area (Å²) in [5, 5.41) is 7.96. The summed E-state index contributed by atoms with van der Waals surface area (Å²) in [5.41, 5.74) is 1.90. The van der Waals surface area contributed by atoms with E-state index < -0.39 is 0 Å². The van der Waals surface area contributed by atoms with E-state index in [9.17, 15) is 0 Å². The lowest BCUT2D eigenvalue weighted by Gasteiger charge is -2.13. The molecule has 5 heteroatoms. The minimum Gasteiger partial charge on any atom is -0.367 e. The molecule has 0 unspecified atom stereocenters. The molecule has 0 atom stereocenters. The Kier molecular flexibility index (Phi) is 3.76. The fourth-order valence-electron chi connectivity index (χ4n) is 3.13. The fourth-order valence-corrected chi connectivity index (χ4v) is 3.13. The molecule has 2 aromatic heterocycles. The summed E-state index contributed by atoms with van der Waals surface area (Å²) in [6.07, 6.45) is 8.45.